The van der Waals surface area contributed by atoms with Crippen LogP contribution in [-0.4, -0.2) is 40.9 Å². The summed E-state index contributed by atoms with van der Waals surface area (Å²) < 4.78 is 62.9. The maximum atomic E-state index is 13.8. The highest BCUT2D eigenvalue weighted by Crippen LogP contribution is 2.44. The predicted molar refractivity (Wildman–Crippen MR) is 141 cm³/mol. The van der Waals surface area contributed by atoms with E-state index < -0.39 is 16.1 Å². The molecule has 1 amide bonds. The summed E-state index contributed by atoms with van der Waals surface area (Å²) in [4.78, 5) is 22.1. The van der Waals surface area contributed by atoms with E-state index in [9.17, 15) is 22.0 Å². The van der Waals surface area contributed by atoms with E-state index in [1.807, 2.05) is 4.57 Å². The number of imidazole rings is 1. The number of benzene rings is 2. The number of ether oxygens (including phenoxy) is 2. The smallest absolute Gasteiger partial charge is 0.395 e. The molecule has 0 atom stereocenters. The Hall–Kier alpha value is -4.06. The summed E-state index contributed by atoms with van der Waals surface area (Å²) in [6.45, 7) is 1.94. The molecule has 4 aromatic rings. The van der Waals surface area contributed by atoms with Gasteiger partial charge < -0.3 is 19.4 Å². The fourth-order valence-electron chi connectivity index (χ4n) is 4.89. The quantitative estimate of drug-likeness (QED) is 0.325. The Bertz CT molecular complexity index is 1720. The van der Waals surface area contributed by atoms with Gasteiger partial charge in [0.05, 0.1) is 40.5 Å². The number of rotatable bonds is 8. The lowest BCUT2D eigenvalue weighted by atomic mass is 9.85. The van der Waals surface area contributed by atoms with Gasteiger partial charge in [-0.2, -0.15) is 0 Å². The molecule has 0 bridgehead atoms. The van der Waals surface area contributed by atoms with E-state index >= 15 is 0 Å². The standard InChI is InChI=1S/C28H26F2N4O5S/c1-2-40(36,37)21-11-10-20(31-15-21)14-32-27(35)18-9-12-23-22(13-18)33-26(17-5-3-6-17)34(23)16-19-7-4-8-24-25(19)39-28(29,30)38-24/h4,7-13,15,17H,2-3,5-6,14,16H2,1H3,(H,32,35). The Kier molecular flexibility index (Phi) is 6.44. The minimum atomic E-state index is -3.71. The number of sulfone groups is 1. The Balaban J connectivity index is 1.24. The third-order valence-electron chi connectivity index (χ3n) is 7.32. The molecule has 40 heavy (non-hydrogen) atoms. The van der Waals surface area contributed by atoms with Gasteiger partial charge in [0.25, 0.3) is 5.91 Å². The third-order valence-corrected chi connectivity index (χ3v) is 9.04. The lowest BCUT2D eigenvalue weighted by Crippen LogP contribution is -2.26. The molecule has 12 heteroatoms. The zero-order valence-electron chi connectivity index (χ0n) is 21.6. The molecule has 2 aromatic heterocycles. The van der Waals surface area contributed by atoms with Gasteiger partial charge in [-0.05, 0) is 49.2 Å². The monoisotopic (exact) mass is 568 g/mol. The van der Waals surface area contributed by atoms with E-state index in [0.29, 0.717) is 22.3 Å². The molecular formula is C28H26F2N4O5S. The maximum absolute atomic E-state index is 13.8. The Morgan fingerprint density at radius 2 is 1.98 bits per heavy atom. The van der Waals surface area contributed by atoms with E-state index in [-0.39, 0.29) is 47.1 Å². The largest absolute Gasteiger partial charge is 0.586 e. The number of amides is 1. The van der Waals surface area contributed by atoms with Crippen LogP contribution in [-0.2, 0) is 22.9 Å². The molecule has 1 fully saturated rings. The first-order valence-electron chi connectivity index (χ1n) is 13.0. The second kappa shape index (κ2) is 9.84. The lowest BCUT2D eigenvalue weighted by Gasteiger charge is -2.25. The molecule has 208 valence electrons. The molecule has 1 aliphatic carbocycles. The van der Waals surface area contributed by atoms with Crippen molar-refractivity contribution in [3.63, 3.8) is 0 Å². The van der Waals surface area contributed by atoms with Gasteiger partial charge >= 0.3 is 6.29 Å². The van der Waals surface area contributed by atoms with Crippen LogP contribution in [0.4, 0.5) is 8.78 Å². The topological polar surface area (TPSA) is 112 Å². The Labute approximate surface area is 229 Å². The average molecular weight is 569 g/mol. The highest BCUT2D eigenvalue weighted by molar-refractivity contribution is 7.91. The maximum Gasteiger partial charge on any atom is 0.586 e. The number of hydrogen-bond donors (Lipinski definition) is 1. The number of carbonyl (C=O) groups excluding carboxylic acids is 1. The van der Waals surface area contributed by atoms with Gasteiger partial charge in [0.15, 0.2) is 21.3 Å². The molecule has 0 unspecified atom stereocenters. The summed E-state index contributed by atoms with van der Waals surface area (Å²) in [5, 5.41) is 2.81. The van der Waals surface area contributed by atoms with Crippen molar-refractivity contribution < 1.29 is 31.5 Å². The van der Waals surface area contributed by atoms with Crippen LogP contribution < -0.4 is 14.8 Å². The highest BCUT2D eigenvalue weighted by Gasteiger charge is 2.44. The minimum absolute atomic E-state index is 0.00723. The molecule has 9 nitrogen and oxygen atoms in total. The molecule has 0 saturated heterocycles. The summed E-state index contributed by atoms with van der Waals surface area (Å²) in [6, 6.07) is 13.1. The van der Waals surface area contributed by atoms with Crippen LogP contribution in [0.3, 0.4) is 0 Å². The number of fused-ring (bicyclic) bond motifs is 2. The van der Waals surface area contributed by atoms with E-state index in [0.717, 1.165) is 30.6 Å². The molecule has 1 N–H and O–H groups in total. The fourth-order valence-corrected chi connectivity index (χ4v) is 5.71. The van der Waals surface area contributed by atoms with E-state index in [2.05, 4.69) is 15.0 Å². The van der Waals surface area contributed by atoms with Crippen molar-refractivity contribution in [2.45, 2.75) is 56.4 Å². The second-order valence-electron chi connectivity index (χ2n) is 9.87. The molecule has 0 radical (unpaired) electrons. The van der Waals surface area contributed by atoms with Gasteiger partial charge in [-0.3, -0.25) is 9.78 Å². The molecule has 3 heterocycles. The van der Waals surface area contributed by atoms with Gasteiger partial charge in [-0.25, -0.2) is 13.4 Å². The van der Waals surface area contributed by atoms with Crippen molar-refractivity contribution in [1.29, 1.82) is 0 Å². The summed E-state index contributed by atoms with van der Waals surface area (Å²) >= 11 is 0. The zero-order valence-corrected chi connectivity index (χ0v) is 22.4. The van der Waals surface area contributed by atoms with Gasteiger partial charge in [-0.1, -0.05) is 25.5 Å². The average Bonchev–Trinajstić information content (AvgIpc) is 3.42. The van der Waals surface area contributed by atoms with Crippen LogP contribution in [0.15, 0.2) is 59.6 Å². The zero-order chi connectivity index (χ0) is 28.1. The molecule has 1 aliphatic heterocycles. The SMILES string of the molecule is CCS(=O)(=O)c1ccc(CNC(=O)c2ccc3c(c2)nc(C2CCC2)n3Cc2cccc3c2OC(F)(F)O3)nc1. The van der Waals surface area contributed by atoms with Crippen LogP contribution in [0.25, 0.3) is 11.0 Å². The summed E-state index contributed by atoms with van der Waals surface area (Å²) in [6.07, 6.45) is 0.630. The number of para-hydroxylation sites is 1. The molecule has 6 rings (SSSR count). The number of alkyl halides is 2. The minimum Gasteiger partial charge on any atom is -0.395 e. The fraction of sp³-hybridized carbons (Fsp3) is 0.321. The second-order valence-corrected chi connectivity index (χ2v) is 12.1. The van der Waals surface area contributed by atoms with Gasteiger partial charge in [0, 0.05) is 23.2 Å². The van der Waals surface area contributed by atoms with E-state index in [1.165, 1.54) is 18.3 Å². The van der Waals surface area contributed by atoms with Crippen molar-refractivity contribution in [2.75, 3.05) is 5.75 Å². The van der Waals surface area contributed by atoms with E-state index in [1.54, 1.807) is 43.3 Å². The van der Waals surface area contributed by atoms with Crippen molar-refractivity contribution in [1.82, 2.24) is 19.9 Å². The number of nitrogens with zero attached hydrogens (tertiary/aromatic N) is 3. The van der Waals surface area contributed by atoms with Crippen LogP contribution in [0.2, 0.25) is 0 Å². The summed E-state index contributed by atoms with van der Waals surface area (Å²) in [5.41, 5.74) is 2.86. The van der Waals surface area contributed by atoms with Crippen molar-refractivity contribution in [3.05, 3.63) is 77.4 Å². The van der Waals surface area contributed by atoms with Gasteiger partial charge in [-0.15, -0.1) is 8.78 Å². The van der Waals surface area contributed by atoms with Gasteiger partial charge in [0.1, 0.15) is 5.82 Å². The number of nitrogens with one attached hydrogen (secondary N) is 1. The predicted octanol–water partition coefficient (Wildman–Crippen LogP) is 4.79. The number of halogens is 2. The number of pyridine rings is 1. The first-order valence-corrected chi connectivity index (χ1v) is 14.6. The molecule has 0 spiro atoms. The molecule has 1 saturated carbocycles. The van der Waals surface area contributed by atoms with Crippen molar-refractivity contribution >= 4 is 26.8 Å². The summed E-state index contributed by atoms with van der Waals surface area (Å²) in [7, 11) is -3.35. The van der Waals surface area contributed by atoms with Crippen molar-refractivity contribution in [3.8, 4) is 11.5 Å². The molecular weight excluding hydrogens is 542 g/mol. The van der Waals surface area contributed by atoms with Crippen LogP contribution >= 0.6 is 0 Å². The van der Waals surface area contributed by atoms with Crippen LogP contribution in [0.5, 0.6) is 11.5 Å². The summed E-state index contributed by atoms with van der Waals surface area (Å²) in [5.74, 6) is 0.740. The third kappa shape index (κ3) is 4.87. The lowest BCUT2D eigenvalue weighted by molar-refractivity contribution is -0.286. The van der Waals surface area contributed by atoms with Gasteiger partial charge in [0.2, 0.25) is 0 Å². The normalized spacial score (nSPS) is 16.2. The molecule has 2 aromatic carbocycles. The highest BCUT2D eigenvalue weighted by atomic mass is 32.2. The Morgan fingerprint density at radius 1 is 1.15 bits per heavy atom. The van der Waals surface area contributed by atoms with E-state index in [4.69, 9.17) is 9.72 Å². The van der Waals surface area contributed by atoms with Crippen LogP contribution in [0.1, 0.15) is 59.5 Å². The van der Waals surface area contributed by atoms with Crippen molar-refractivity contribution in [2.24, 2.45) is 0 Å². The number of carbonyl (C=O) groups is 1. The first kappa shape index (κ1) is 26.2. The number of hydrogen-bond acceptors (Lipinski definition) is 7. The van der Waals surface area contributed by atoms with Crippen LogP contribution in [0, 0.1) is 0 Å². The first-order chi connectivity index (χ1) is 19.1. The Morgan fingerprint density at radius 3 is 2.67 bits per heavy atom. The molecule has 2 aliphatic rings. The number of aromatic nitrogens is 3.